The van der Waals surface area contributed by atoms with Gasteiger partial charge in [-0.05, 0) is 48.5 Å². The molecule has 1 aliphatic heterocycles. The van der Waals surface area contributed by atoms with E-state index in [1.807, 2.05) is 23.2 Å². The zero-order valence-electron chi connectivity index (χ0n) is 18.8. The highest BCUT2D eigenvalue weighted by Gasteiger charge is 2.23. The third-order valence-electron chi connectivity index (χ3n) is 5.65. The molecular formula is C26H29FN4O2. The lowest BCUT2D eigenvalue weighted by Gasteiger charge is -2.31. The van der Waals surface area contributed by atoms with Crippen LogP contribution in [-0.2, 0) is 17.9 Å². The Morgan fingerprint density at radius 2 is 2.03 bits per heavy atom. The minimum Gasteiger partial charge on any atom is -0.490 e. The van der Waals surface area contributed by atoms with E-state index in [4.69, 9.17) is 4.74 Å². The first-order chi connectivity index (χ1) is 16.0. The fraction of sp³-hybridized carbons (Fsp3) is 0.308. The maximum atomic E-state index is 13.3. The minimum absolute atomic E-state index is 0.0562. The topological polar surface area (TPSA) is 61.5 Å². The quantitative estimate of drug-likeness (QED) is 0.523. The number of benzene rings is 2. The summed E-state index contributed by atoms with van der Waals surface area (Å²) >= 11 is 0. The van der Waals surface area contributed by atoms with E-state index in [1.54, 1.807) is 24.4 Å². The van der Waals surface area contributed by atoms with Crippen molar-refractivity contribution in [3.8, 4) is 5.75 Å². The number of ether oxygens (including phenoxy) is 1. The molecule has 0 radical (unpaired) electrons. The molecule has 7 heteroatoms. The summed E-state index contributed by atoms with van der Waals surface area (Å²) in [6, 6.07) is 14.4. The molecule has 2 aromatic carbocycles. The summed E-state index contributed by atoms with van der Waals surface area (Å²) in [5.41, 5.74) is 1.85. The molecule has 33 heavy (non-hydrogen) atoms. The van der Waals surface area contributed by atoms with E-state index in [0.29, 0.717) is 18.7 Å². The van der Waals surface area contributed by atoms with Crippen molar-refractivity contribution in [3.05, 3.63) is 89.8 Å². The van der Waals surface area contributed by atoms with Crippen LogP contribution in [0.4, 0.5) is 4.39 Å². The zero-order valence-corrected chi connectivity index (χ0v) is 18.8. The number of carbonyl (C=O) groups is 1. The van der Waals surface area contributed by atoms with Crippen LogP contribution in [0, 0.1) is 5.82 Å². The van der Waals surface area contributed by atoms with E-state index in [1.165, 1.54) is 23.8 Å². The SMILES string of the molecule is CN(Cc1cccc(OC2CCN(C(=O)C=Cc3cccc(F)c3)CC2)c1)Cc1ncc[nH]1. The molecule has 1 amide bonds. The van der Waals surface area contributed by atoms with Crippen LogP contribution in [0.2, 0.25) is 0 Å². The number of piperidine rings is 1. The van der Waals surface area contributed by atoms with Crippen LogP contribution < -0.4 is 4.74 Å². The summed E-state index contributed by atoms with van der Waals surface area (Å²) in [5, 5.41) is 0. The van der Waals surface area contributed by atoms with Gasteiger partial charge in [-0.3, -0.25) is 9.69 Å². The van der Waals surface area contributed by atoms with Gasteiger partial charge in [-0.1, -0.05) is 24.3 Å². The number of rotatable bonds is 8. The van der Waals surface area contributed by atoms with E-state index < -0.39 is 0 Å². The van der Waals surface area contributed by atoms with Gasteiger partial charge in [-0.25, -0.2) is 9.37 Å². The van der Waals surface area contributed by atoms with Crippen LogP contribution in [-0.4, -0.2) is 51.9 Å². The van der Waals surface area contributed by atoms with E-state index in [2.05, 4.69) is 34.0 Å². The molecule has 0 unspecified atom stereocenters. The lowest BCUT2D eigenvalue weighted by atomic mass is 10.1. The fourth-order valence-corrected chi connectivity index (χ4v) is 3.99. The molecule has 3 aromatic rings. The number of aromatic amines is 1. The van der Waals surface area contributed by atoms with Gasteiger partial charge in [0.2, 0.25) is 5.91 Å². The second-order valence-corrected chi connectivity index (χ2v) is 8.39. The Kier molecular flexibility index (Phi) is 7.52. The molecule has 0 atom stereocenters. The number of nitrogens with one attached hydrogen (secondary N) is 1. The molecule has 0 saturated carbocycles. The van der Waals surface area contributed by atoms with Gasteiger partial charge in [-0.15, -0.1) is 0 Å². The lowest BCUT2D eigenvalue weighted by Crippen LogP contribution is -2.41. The number of nitrogens with zero attached hydrogens (tertiary/aromatic N) is 3. The molecule has 0 bridgehead atoms. The Balaban J connectivity index is 1.25. The van der Waals surface area contributed by atoms with Crippen molar-refractivity contribution in [3.63, 3.8) is 0 Å². The molecule has 1 aromatic heterocycles. The number of aromatic nitrogens is 2. The molecular weight excluding hydrogens is 419 g/mol. The number of halogens is 1. The molecule has 0 aliphatic carbocycles. The number of hydrogen-bond acceptors (Lipinski definition) is 4. The van der Waals surface area contributed by atoms with Crippen molar-refractivity contribution < 1.29 is 13.9 Å². The minimum atomic E-state index is -0.309. The van der Waals surface area contributed by atoms with Gasteiger partial charge in [0.25, 0.3) is 0 Å². The van der Waals surface area contributed by atoms with Crippen LogP contribution in [0.3, 0.4) is 0 Å². The van der Waals surface area contributed by atoms with Crippen LogP contribution in [0.1, 0.15) is 29.8 Å². The van der Waals surface area contributed by atoms with E-state index in [-0.39, 0.29) is 17.8 Å². The first-order valence-electron chi connectivity index (χ1n) is 11.2. The molecule has 2 heterocycles. The number of H-pyrrole nitrogens is 1. The Hall–Kier alpha value is -3.45. The number of carbonyl (C=O) groups excluding carboxylic acids is 1. The second kappa shape index (κ2) is 10.9. The third-order valence-corrected chi connectivity index (χ3v) is 5.65. The Labute approximate surface area is 193 Å². The summed E-state index contributed by atoms with van der Waals surface area (Å²) in [4.78, 5) is 23.9. The average Bonchev–Trinajstić information content (AvgIpc) is 3.31. The summed E-state index contributed by atoms with van der Waals surface area (Å²) in [7, 11) is 2.06. The molecule has 172 valence electrons. The highest BCUT2D eigenvalue weighted by Crippen LogP contribution is 2.21. The summed E-state index contributed by atoms with van der Waals surface area (Å²) in [5.74, 6) is 1.43. The van der Waals surface area contributed by atoms with E-state index in [0.717, 1.165) is 37.5 Å². The van der Waals surface area contributed by atoms with Gasteiger partial charge in [0, 0.05) is 50.9 Å². The largest absolute Gasteiger partial charge is 0.490 e. The van der Waals surface area contributed by atoms with Crippen molar-refractivity contribution >= 4 is 12.0 Å². The van der Waals surface area contributed by atoms with Gasteiger partial charge in [0.1, 0.15) is 23.5 Å². The first-order valence-corrected chi connectivity index (χ1v) is 11.2. The van der Waals surface area contributed by atoms with Crippen LogP contribution in [0.5, 0.6) is 5.75 Å². The molecule has 6 nitrogen and oxygen atoms in total. The standard InChI is InChI=1S/C26H29FN4O2/c1-30(19-25-28-12-13-29-25)18-21-5-3-7-24(17-21)33-23-10-14-31(15-11-23)26(32)9-8-20-4-2-6-22(27)16-20/h2-9,12-13,16-17,23H,10-11,14-15,18-19H2,1H3,(H,28,29). The van der Waals surface area contributed by atoms with Crippen molar-refractivity contribution in [2.24, 2.45) is 0 Å². The van der Waals surface area contributed by atoms with Crippen LogP contribution in [0.25, 0.3) is 6.08 Å². The first kappa shape index (κ1) is 22.7. The Morgan fingerprint density at radius 1 is 1.21 bits per heavy atom. The maximum absolute atomic E-state index is 13.3. The van der Waals surface area contributed by atoms with Crippen molar-refractivity contribution in [2.75, 3.05) is 20.1 Å². The Bertz CT molecular complexity index is 1080. The van der Waals surface area contributed by atoms with Gasteiger partial charge < -0.3 is 14.6 Å². The van der Waals surface area contributed by atoms with Crippen molar-refractivity contribution in [1.82, 2.24) is 19.8 Å². The molecule has 1 fully saturated rings. The second-order valence-electron chi connectivity index (χ2n) is 8.39. The smallest absolute Gasteiger partial charge is 0.246 e. The van der Waals surface area contributed by atoms with Gasteiger partial charge >= 0.3 is 0 Å². The van der Waals surface area contributed by atoms with Crippen LogP contribution >= 0.6 is 0 Å². The van der Waals surface area contributed by atoms with E-state index in [9.17, 15) is 9.18 Å². The normalized spacial score (nSPS) is 14.8. The maximum Gasteiger partial charge on any atom is 0.246 e. The highest BCUT2D eigenvalue weighted by molar-refractivity contribution is 5.91. The molecule has 1 aliphatic rings. The van der Waals surface area contributed by atoms with Gasteiger partial charge in [0.05, 0.1) is 6.54 Å². The average molecular weight is 449 g/mol. The van der Waals surface area contributed by atoms with E-state index >= 15 is 0 Å². The van der Waals surface area contributed by atoms with Gasteiger partial charge in [0.15, 0.2) is 0 Å². The predicted molar refractivity (Wildman–Crippen MR) is 126 cm³/mol. The fourth-order valence-electron chi connectivity index (χ4n) is 3.99. The zero-order chi connectivity index (χ0) is 23.0. The van der Waals surface area contributed by atoms with Crippen molar-refractivity contribution in [1.29, 1.82) is 0 Å². The summed E-state index contributed by atoms with van der Waals surface area (Å²) < 4.78 is 19.5. The number of likely N-dealkylation sites (tertiary alicyclic amines) is 1. The third kappa shape index (κ3) is 6.76. The predicted octanol–water partition coefficient (Wildman–Crippen LogP) is 4.26. The molecule has 0 spiro atoms. The monoisotopic (exact) mass is 448 g/mol. The molecule has 4 rings (SSSR count). The number of imidazole rings is 1. The van der Waals surface area contributed by atoms with Crippen LogP contribution in [0.15, 0.2) is 67.0 Å². The molecule has 1 saturated heterocycles. The number of hydrogen-bond donors (Lipinski definition) is 1. The lowest BCUT2D eigenvalue weighted by molar-refractivity contribution is -0.127. The summed E-state index contributed by atoms with van der Waals surface area (Å²) in [6.07, 6.45) is 8.40. The summed E-state index contributed by atoms with van der Waals surface area (Å²) in [6.45, 7) is 2.83. The van der Waals surface area contributed by atoms with Gasteiger partial charge in [-0.2, -0.15) is 0 Å². The Morgan fingerprint density at radius 3 is 2.79 bits per heavy atom. The highest BCUT2D eigenvalue weighted by atomic mass is 19.1. The van der Waals surface area contributed by atoms with Crippen molar-refractivity contribution in [2.45, 2.75) is 32.0 Å². The molecule has 1 N–H and O–H groups in total. The number of amides is 1.